The monoisotopic (exact) mass is 335 g/mol. The molecule has 2 amide bonds. The van der Waals surface area contributed by atoms with Crippen molar-refractivity contribution in [2.45, 2.75) is 33.1 Å². The molecule has 1 aromatic rings. The van der Waals surface area contributed by atoms with E-state index < -0.39 is 5.97 Å². The maximum atomic E-state index is 12.0. The maximum Gasteiger partial charge on any atom is 0.317 e. The SMILES string of the molecule is Cc1cc(N2CCN(C(=O)NCCC(=O)O)CC2)nc(C(C)C)n1. The number of amides is 2. The van der Waals surface area contributed by atoms with Crippen LogP contribution in [0.5, 0.6) is 0 Å². The number of piperazine rings is 1. The largest absolute Gasteiger partial charge is 0.481 e. The molecule has 8 heteroatoms. The number of rotatable bonds is 5. The van der Waals surface area contributed by atoms with Crippen molar-refractivity contribution in [2.24, 2.45) is 0 Å². The number of carbonyl (C=O) groups is 2. The van der Waals surface area contributed by atoms with Crippen LogP contribution in [0.4, 0.5) is 10.6 Å². The molecule has 0 radical (unpaired) electrons. The molecule has 0 bridgehead atoms. The van der Waals surface area contributed by atoms with Crippen molar-refractivity contribution in [3.05, 3.63) is 17.6 Å². The fourth-order valence-corrected chi connectivity index (χ4v) is 2.52. The van der Waals surface area contributed by atoms with Gasteiger partial charge in [-0.2, -0.15) is 0 Å². The molecular formula is C16H25N5O3. The second-order valence-electron chi connectivity index (χ2n) is 6.23. The predicted octanol–water partition coefficient (Wildman–Crippen LogP) is 1.21. The highest BCUT2D eigenvalue weighted by Crippen LogP contribution is 2.18. The molecule has 8 nitrogen and oxygen atoms in total. The van der Waals surface area contributed by atoms with Crippen molar-refractivity contribution in [2.75, 3.05) is 37.6 Å². The molecule has 24 heavy (non-hydrogen) atoms. The molecule has 1 aromatic heterocycles. The van der Waals surface area contributed by atoms with Gasteiger partial charge in [-0.1, -0.05) is 13.8 Å². The van der Waals surface area contributed by atoms with Crippen molar-refractivity contribution in [3.8, 4) is 0 Å². The molecule has 0 unspecified atom stereocenters. The molecule has 2 N–H and O–H groups in total. The Labute approximate surface area is 141 Å². The Morgan fingerprint density at radius 3 is 2.50 bits per heavy atom. The van der Waals surface area contributed by atoms with Gasteiger partial charge in [-0.05, 0) is 6.92 Å². The lowest BCUT2D eigenvalue weighted by Crippen LogP contribution is -2.52. The van der Waals surface area contributed by atoms with Crippen LogP contribution in [-0.2, 0) is 4.79 Å². The van der Waals surface area contributed by atoms with Gasteiger partial charge in [0, 0.05) is 50.4 Å². The molecule has 0 aromatic carbocycles. The maximum absolute atomic E-state index is 12.0. The first-order valence-electron chi connectivity index (χ1n) is 8.22. The fraction of sp³-hybridized carbons (Fsp3) is 0.625. The van der Waals surface area contributed by atoms with Crippen LogP contribution in [0, 0.1) is 6.92 Å². The number of hydrogen-bond acceptors (Lipinski definition) is 5. The standard InChI is InChI=1S/C16H25N5O3/c1-11(2)15-18-12(3)10-13(19-15)20-6-8-21(9-7-20)16(24)17-5-4-14(22)23/h10-11H,4-9H2,1-3H3,(H,17,24)(H,22,23). The Morgan fingerprint density at radius 2 is 1.92 bits per heavy atom. The summed E-state index contributed by atoms with van der Waals surface area (Å²) >= 11 is 0. The zero-order valence-corrected chi connectivity index (χ0v) is 14.4. The van der Waals surface area contributed by atoms with E-state index in [0.29, 0.717) is 26.2 Å². The third kappa shape index (κ3) is 4.81. The van der Waals surface area contributed by atoms with E-state index in [1.165, 1.54) is 0 Å². The highest BCUT2D eigenvalue weighted by molar-refractivity contribution is 5.75. The fourth-order valence-electron chi connectivity index (χ4n) is 2.52. The smallest absolute Gasteiger partial charge is 0.317 e. The molecule has 1 saturated heterocycles. The Bertz CT molecular complexity index is 597. The van der Waals surface area contributed by atoms with Crippen molar-refractivity contribution in [1.82, 2.24) is 20.2 Å². The Balaban J connectivity index is 1.90. The van der Waals surface area contributed by atoms with Gasteiger partial charge in [-0.15, -0.1) is 0 Å². The van der Waals surface area contributed by atoms with Crippen molar-refractivity contribution >= 4 is 17.8 Å². The molecule has 0 saturated carbocycles. The third-order valence-electron chi connectivity index (χ3n) is 3.88. The van der Waals surface area contributed by atoms with Gasteiger partial charge in [-0.25, -0.2) is 14.8 Å². The zero-order valence-electron chi connectivity index (χ0n) is 14.4. The molecule has 1 fully saturated rings. The number of aromatic nitrogens is 2. The number of hydrogen-bond donors (Lipinski definition) is 2. The van der Waals surface area contributed by atoms with E-state index in [1.54, 1.807) is 4.90 Å². The molecule has 2 rings (SSSR count). The van der Waals surface area contributed by atoms with E-state index in [4.69, 9.17) is 5.11 Å². The summed E-state index contributed by atoms with van der Waals surface area (Å²) in [6, 6.07) is 1.76. The summed E-state index contributed by atoms with van der Waals surface area (Å²) in [4.78, 5) is 35.4. The van der Waals surface area contributed by atoms with Gasteiger partial charge in [0.2, 0.25) is 0 Å². The molecule has 0 aliphatic carbocycles. The summed E-state index contributed by atoms with van der Waals surface area (Å²) in [6.07, 6.45) is -0.0656. The second-order valence-corrected chi connectivity index (χ2v) is 6.23. The van der Waals surface area contributed by atoms with Gasteiger partial charge in [0.25, 0.3) is 0 Å². The first kappa shape index (κ1) is 18.0. The van der Waals surface area contributed by atoms with Crippen LogP contribution >= 0.6 is 0 Å². The van der Waals surface area contributed by atoms with Crippen LogP contribution in [0.25, 0.3) is 0 Å². The summed E-state index contributed by atoms with van der Waals surface area (Å²) < 4.78 is 0. The van der Waals surface area contributed by atoms with Crippen molar-refractivity contribution in [1.29, 1.82) is 0 Å². The summed E-state index contributed by atoms with van der Waals surface area (Å²) in [7, 11) is 0. The van der Waals surface area contributed by atoms with Crippen LogP contribution < -0.4 is 10.2 Å². The Kier molecular flexibility index (Phi) is 5.94. The van der Waals surface area contributed by atoms with Crippen LogP contribution in [0.1, 0.15) is 37.7 Å². The van der Waals surface area contributed by atoms with Gasteiger partial charge in [0.05, 0.1) is 6.42 Å². The summed E-state index contributed by atoms with van der Waals surface area (Å²) in [5.74, 6) is 1.08. The number of anilines is 1. The first-order valence-corrected chi connectivity index (χ1v) is 8.22. The Hall–Kier alpha value is -2.38. The van der Waals surface area contributed by atoms with E-state index in [0.717, 1.165) is 17.3 Å². The number of nitrogens with zero attached hydrogens (tertiary/aromatic N) is 4. The minimum absolute atomic E-state index is 0.0656. The van der Waals surface area contributed by atoms with E-state index >= 15 is 0 Å². The van der Waals surface area contributed by atoms with E-state index in [9.17, 15) is 9.59 Å². The average molecular weight is 335 g/mol. The average Bonchev–Trinajstić information content (AvgIpc) is 2.54. The van der Waals surface area contributed by atoms with Crippen LogP contribution in [0.3, 0.4) is 0 Å². The number of carboxylic acids is 1. The quantitative estimate of drug-likeness (QED) is 0.839. The van der Waals surface area contributed by atoms with Gasteiger partial charge in [-0.3, -0.25) is 4.79 Å². The number of aliphatic carboxylic acids is 1. The Morgan fingerprint density at radius 1 is 1.25 bits per heavy atom. The molecule has 0 spiro atoms. The topological polar surface area (TPSA) is 98.7 Å². The van der Waals surface area contributed by atoms with Gasteiger partial charge in [0.15, 0.2) is 0 Å². The van der Waals surface area contributed by atoms with Gasteiger partial charge < -0.3 is 20.2 Å². The highest BCUT2D eigenvalue weighted by atomic mass is 16.4. The van der Waals surface area contributed by atoms with Crippen molar-refractivity contribution < 1.29 is 14.7 Å². The third-order valence-corrected chi connectivity index (χ3v) is 3.88. The number of aryl methyl sites for hydroxylation is 1. The van der Waals surface area contributed by atoms with Crippen LogP contribution in [0.2, 0.25) is 0 Å². The molecule has 2 heterocycles. The first-order chi connectivity index (χ1) is 11.4. The molecule has 0 atom stereocenters. The van der Waals surface area contributed by atoms with Crippen LogP contribution in [0.15, 0.2) is 6.07 Å². The number of nitrogens with one attached hydrogen (secondary N) is 1. The van der Waals surface area contributed by atoms with Crippen LogP contribution in [-0.4, -0.2) is 64.7 Å². The predicted molar refractivity (Wildman–Crippen MR) is 90.3 cm³/mol. The van der Waals surface area contributed by atoms with E-state index in [-0.39, 0.29) is 24.9 Å². The molecule has 1 aliphatic heterocycles. The zero-order chi connectivity index (χ0) is 17.7. The second kappa shape index (κ2) is 7.94. The number of urea groups is 1. The van der Waals surface area contributed by atoms with Crippen molar-refractivity contribution in [3.63, 3.8) is 0 Å². The molecule has 1 aliphatic rings. The van der Waals surface area contributed by atoms with Gasteiger partial charge in [0.1, 0.15) is 11.6 Å². The highest BCUT2D eigenvalue weighted by Gasteiger charge is 2.22. The minimum atomic E-state index is -0.916. The molecular weight excluding hydrogens is 310 g/mol. The summed E-state index contributed by atoms with van der Waals surface area (Å²) in [5.41, 5.74) is 0.942. The normalized spacial score (nSPS) is 14.8. The summed E-state index contributed by atoms with van der Waals surface area (Å²) in [6.45, 7) is 8.80. The minimum Gasteiger partial charge on any atom is -0.481 e. The molecule has 132 valence electrons. The summed E-state index contributed by atoms with van der Waals surface area (Å²) in [5, 5.41) is 11.2. The van der Waals surface area contributed by atoms with E-state index in [2.05, 4.69) is 34.0 Å². The van der Waals surface area contributed by atoms with E-state index in [1.807, 2.05) is 13.0 Å². The number of carbonyl (C=O) groups excluding carboxylic acids is 1. The lowest BCUT2D eigenvalue weighted by Gasteiger charge is -2.35. The lowest BCUT2D eigenvalue weighted by molar-refractivity contribution is -0.136. The lowest BCUT2D eigenvalue weighted by atomic mass is 10.2. The number of carboxylic acid groups (broad SMARTS) is 1. The van der Waals surface area contributed by atoms with Gasteiger partial charge >= 0.3 is 12.0 Å².